The maximum Gasteiger partial charge on any atom is 0.320 e. The van der Waals surface area contributed by atoms with Crippen LogP contribution in [0.1, 0.15) is 25.7 Å². The van der Waals surface area contributed by atoms with Gasteiger partial charge in [-0.3, -0.25) is 9.59 Å². The summed E-state index contributed by atoms with van der Waals surface area (Å²) < 4.78 is 5.09. The second kappa shape index (κ2) is 5.30. The van der Waals surface area contributed by atoms with E-state index in [2.05, 4.69) is 31.9 Å². The largest absolute Gasteiger partial charge is 0.448 e. The normalized spacial score (nSPS) is 19.3. The maximum absolute atomic E-state index is 11.5. The van der Waals surface area contributed by atoms with Crippen molar-refractivity contribution < 1.29 is 14.3 Å². The number of halogens is 2. The molecule has 1 fully saturated rings. The lowest BCUT2D eigenvalue weighted by molar-refractivity contribution is -0.156. The van der Waals surface area contributed by atoms with Crippen LogP contribution in [0.2, 0.25) is 0 Å². The summed E-state index contributed by atoms with van der Waals surface area (Å²) in [6.45, 7) is 0. The lowest BCUT2D eigenvalue weighted by Crippen LogP contribution is -2.37. The van der Waals surface area contributed by atoms with Gasteiger partial charge in [-0.25, -0.2) is 0 Å². The van der Waals surface area contributed by atoms with Crippen LogP contribution in [0, 0.1) is 0 Å². The number of esters is 1. The van der Waals surface area contributed by atoms with Crippen molar-refractivity contribution in [3.63, 3.8) is 0 Å². The molecule has 6 heteroatoms. The van der Waals surface area contributed by atoms with E-state index in [4.69, 9.17) is 10.5 Å². The summed E-state index contributed by atoms with van der Waals surface area (Å²) in [5.74, 6) is -0.941. The van der Waals surface area contributed by atoms with Gasteiger partial charge >= 0.3 is 5.97 Å². The van der Waals surface area contributed by atoms with Gasteiger partial charge < -0.3 is 10.5 Å². The van der Waals surface area contributed by atoms with Gasteiger partial charge in [0.25, 0.3) is 5.91 Å². The van der Waals surface area contributed by atoms with Crippen molar-refractivity contribution >= 4 is 43.7 Å². The first-order chi connectivity index (χ1) is 7.02. The molecule has 0 radical (unpaired) electrons. The van der Waals surface area contributed by atoms with E-state index in [1.54, 1.807) is 0 Å². The molecule has 86 valence electrons. The Morgan fingerprint density at radius 2 is 2.07 bits per heavy atom. The van der Waals surface area contributed by atoms with Crippen molar-refractivity contribution in [3.05, 3.63) is 0 Å². The number of nitrogens with two attached hydrogens (primary N) is 1. The van der Waals surface area contributed by atoms with Crippen LogP contribution < -0.4 is 5.73 Å². The van der Waals surface area contributed by atoms with Crippen LogP contribution in [0.5, 0.6) is 0 Å². The van der Waals surface area contributed by atoms with E-state index in [1.165, 1.54) is 0 Å². The zero-order chi connectivity index (χ0) is 11.5. The molecule has 0 spiro atoms. The van der Waals surface area contributed by atoms with Crippen molar-refractivity contribution in [2.75, 3.05) is 5.33 Å². The summed E-state index contributed by atoms with van der Waals surface area (Å²) in [7, 11) is 0. The minimum atomic E-state index is -1.00. The topological polar surface area (TPSA) is 69.4 Å². The summed E-state index contributed by atoms with van der Waals surface area (Å²) in [5, 5.41) is 0.837. The van der Waals surface area contributed by atoms with Gasteiger partial charge in [-0.15, -0.1) is 0 Å². The van der Waals surface area contributed by atoms with Gasteiger partial charge in [0.1, 0.15) is 4.83 Å². The highest BCUT2D eigenvalue weighted by Gasteiger charge is 2.53. The number of rotatable bonds is 6. The van der Waals surface area contributed by atoms with Crippen LogP contribution >= 0.6 is 31.9 Å². The third-order valence-corrected chi connectivity index (χ3v) is 3.69. The van der Waals surface area contributed by atoms with Crippen LogP contribution in [-0.4, -0.2) is 27.6 Å². The zero-order valence-corrected chi connectivity index (χ0v) is 11.3. The molecule has 1 unspecified atom stereocenters. The van der Waals surface area contributed by atoms with Crippen molar-refractivity contribution in [2.45, 2.75) is 36.1 Å². The number of carbonyl (C=O) groups is 2. The lowest BCUT2D eigenvalue weighted by atomic mass is 10.2. The zero-order valence-electron chi connectivity index (χ0n) is 8.17. The Bertz CT molecular complexity index is 266. The number of hydrogen-bond acceptors (Lipinski definition) is 3. The standard InChI is InChI=1S/C9H13Br2NO3/c10-5-1-2-6(11)7(13)15-9(3-4-9)8(12)14/h6H,1-5H2,(H2,12,14). The Morgan fingerprint density at radius 3 is 2.47 bits per heavy atom. The Balaban J connectivity index is 2.38. The summed E-state index contributed by atoms with van der Waals surface area (Å²) in [6.07, 6.45) is 2.64. The fourth-order valence-electron chi connectivity index (χ4n) is 1.14. The van der Waals surface area contributed by atoms with E-state index in [0.29, 0.717) is 19.3 Å². The highest BCUT2D eigenvalue weighted by molar-refractivity contribution is 9.10. The van der Waals surface area contributed by atoms with Gasteiger partial charge in [0.15, 0.2) is 5.60 Å². The summed E-state index contributed by atoms with van der Waals surface area (Å²) in [4.78, 5) is 22.1. The van der Waals surface area contributed by atoms with Gasteiger partial charge in [-0.1, -0.05) is 31.9 Å². The molecule has 0 aromatic rings. The van der Waals surface area contributed by atoms with Gasteiger partial charge in [0.05, 0.1) is 0 Å². The third-order valence-electron chi connectivity index (χ3n) is 2.30. The smallest absolute Gasteiger partial charge is 0.320 e. The van der Waals surface area contributed by atoms with Gasteiger partial charge in [-0.05, 0) is 12.8 Å². The fraction of sp³-hybridized carbons (Fsp3) is 0.778. The summed E-state index contributed by atoms with van der Waals surface area (Å²) >= 11 is 6.50. The van der Waals surface area contributed by atoms with Gasteiger partial charge in [-0.2, -0.15) is 0 Å². The number of hydrogen-bond donors (Lipinski definition) is 1. The van der Waals surface area contributed by atoms with E-state index >= 15 is 0 Å². The molecule has 1 atom stereocenters. The van der Waals surface area contributed by atoms with E-state index in [0.717, 1.165) is 11.8 Å². The van der Waals surface area contributed by atoms with Gasteiger partial charge in [0.2, 0.25) is 0 Å². The molecule has 0 saturated heterocycles. The van der Waals surface area contributed by atoms with Crippen molar-refractivity contribution in [3.8, 4) is 0 Å². The van der Waals surface area contributed by atoms with Crippen LogP contribution in [0.3, 0.4) is 0 Å². The highest BCUT2D eigenvalue weighted by Crippen LogP contribution is 2.39. The minimum Gasteiger partial charge on any atom is -0.448 e. The molecular formula is C9H13Br2NO3. The van der Waals surface area contributed by atoms with E-state index in [-0.39, 0.29) is 4.83 Å². The highest BCUT2D eigenvalue weighted by atomic mass is 79.9. The van der Waals surface area contributed by atoms with Crippen LogP contribution in [0.15, 0.2) is 0 Å². The number of primary amides is 1. The van der Waals surface area contributed by atoms with Crippen LogP contribution in [-0.2, 0) is 14.3 Å². The molecule has 1 rings (SSSR count). The first kappa shape index (κ1) is 13.0. The molecule has 2 N–H and O–H groups in total. The van der Waals surface area contributed by atoms with E-state index in [9.17, 15) is 9.59 Å². The molecule has 0 aliphatic heterocycles. The number of ether oxygens (including phenoxy) is 1. The summed E-state index contributed by atoms with van der Waals surface area (Å²) in [6, 6.07) is 0. The van der Waals surface area contributed by atoms with Gasteiger partial charge in [0, 0.05) is 18.2 Å². The SMILES string of the molecule is NC(=O)C1(OC(=O)C(Br)CCCBr)CC1. The fourth-order valence-corrected chi connectivity index (χ4v) is 1.88. The predicted octanol–water partition coefficient (Wildman–Crippen LogP) is 1.49. The number of alkyl halides is 2. The van der Waals surface area contributed by atoms with Crippen molar-refractivity contribution in [1.82, 2.24) is 0 Å². The Labute approximate surface area is 105 Å². The van der Waals surface area contributed by atoms with Crippen LogP contribution in [0.25, 0.3) is 0 Å². The van der Waals surface area contributed by atoms with Crippen LogP contribution in [0.4, 0.5) is 0 Å². The Kier molecular flexibility index (Phi) is 4.58. The molecule has 0 bridgehead atoms. The molecule has 4 nitrogen and oxygen atoms in total. The second-order valence-corrected chi connectivity index (χ2v) is 5.48. The van der Waals surface area contributed by atoms with Crippen molar-refractivity contribution in [2.24, 2.45) is 5.73 Å². The Morgan fingerprint density at radius 1 is 1.47 bits per heavy atom. The second-order valence-electron chi connectivity index (χ2n) is 3.58. The number of carbonyl (C=O) groups excluding carboxylic acids is 2. The summed E-state index contributed by atoms with van der Waals surface area (Å²) in [5.41, 5.74) is 4.14. The quantitative estimate of drug-likeness (QED) is 0.587. The molecular weight excluding hydrogens is 330 g/mol. The average molecular weight is 343 g/mol. The first-order valence-electron chi connectivity index (χ1n) is 4.74. The molecule has 0 heterocycles. The molecule has 0 aromatic heterocycles. The molecule has 1 aliphatic carbocycles. The molecule has 1 saturated carbocycles. The maximum atomic E-state index is 11.5. The monoisotopic (exact) mass is 341 g/mol. The average Bonchev–Trinajstić information content (AvgIpc) is 2.95. The number of amides is 1. The molecule has 1 amide bonds. The molecule has 0 aromatic carbocycles. The Hall–Kier alpha value is -0.100. The van der Waals surface area contributed by atoms with Crippen molar-refractivity contribution in [1.29, 1.82) is 0 Å². The minimum absolute atomic E-state index is 0.355. The van der Waals surface area contributed by atoms with E-state index in [1.807, 2.05) is 0 Å². The molecule has 1 aliphatic rings. The van der Waals surface area contributed by atoms with E-state index < -0.39 is 17.5 Å². The third kappa shape index (κ3) is 3.45. The first-order valence-corrected chi connectivity index (χ1v) is 6.78. The predicted molar refractivity (Wildman–Crippen MR) is 63.0 cm³/mol. The lowest BCUT2D eigenvalue weighted by Gasteiger charge is -2.15. The molecule has 15 heavy (non-hydrogen) atoms.